The molecule has 2 amide bonds. The number of carbonyl (C=O) groups is 2. The van der Waals surface area contributed by atoms with Crippen LogP contribution in [0.15, 0.2) is 77.7 Å². The topological polar surface area (TPSA) is 114 Å². The van der Waals surface area contributed by atoms with E-state index in [-0.39, 0.29) is 34.8 Å². The number of methoxy groups -OCH3 is 3. The van der Waals surface area contributed by atoms with E-state index in [0.717, 1.165) is 4.31 Å². The Morgan fingerprint density at radius 1 is 0.857 bits per heavy atom. The predicted octanol–water partition coefficient (Wildman–Crippen LogP) is 4.24. The lowest BCUT2D eigenvalue weighted by molar-refractivity contribution is -0.139. The fourth-order valence-electron chi connectivity index (χ4n) is 4.24. The molecule has 2 atom stereocenters. The number of ether oxygens (including phenoxy) is 3. The van der Waals surface area contributed by atoms with Crippen molar-refractivity contribution in [3.8, 4) is 17.2 Å². The Morgan fingerprint density at radius 2 is 1.52 bits per heavy atom. The largest absolute Gasteiger partial charge is 0.497 e. The third kappa shape index (κ3) is 7.73. The van der Waals surface area contributed by atoms with Gasteiger partial charge in [0.05, 0.1) is 31.9 Å². The highest BCUT2D eigenvalue weighted by atomic mass is 32.2. The maximum Gasteiger partial charge on any atom is 0.264 e. The molecule has 0 aliphatic rings. The van der Waals surface area contributed by atoms with Crippen LogP contribution in [0.4, 0.5) is 5.69 Å². The Morgan fingerprint density at radius 3 is 2.14 bits per heavy atom. The number of para-hydroxylation sites is 2. The molecule has 0 saturated heterocycles. The smallest absolute Gasteiger partial charge is 0.264 e. The highest BCUT2D eigenvalue weighted by molar-refractivity contribution is 7.92. The van der Waals surface area contributed by atoms with Crippen molar-refractivity contribution < 1.29 is 32.2 Å². The number of benzene rings is 3. The number of amides is 2. The lowest BCUT2D eigenvalue weighted by atomic mass is 10.1. The van der Waals surface area contributed by atoms with Crippen molar-refractivity contribution in [2.24, 2.45) is 0 Å². The van der Waals surface area contributed by atoms with Crippen molar-refractivity contribution in [1.29, 1.82) is 0 Å². The number of nitrogens with one attached hydrogen (secondary N) is 1. The molecule has 42 heavy (non-hydrogen) atoms. The molecule has 2 unspecified atom stereocenters. The molecule has 226 valence electrons. The van der Waals surface area contributed by atoms with E-state index in [1.54, 1.807) is 56.5 Å². The molecule has 0 bridgehead atoms. The molecule has 3 aromatic carbocycles. The van der Waals surface area contributed by atoms with Gasteiger partial charge >= 0.3 is 0 Å². The van der Waals surface area contributed by atoms with Gasteiger partial charge in [-0.2, -0.15) is 0 Å². The summed E-state index contributed by atoms with van der Waals surface area (Å²) in [6.45, 7) is 4.92. The summed E-state index contributed by atoms with van der Waals surface area (Å²) in [6, 6.07) is 18.6. The summed E-state index contributed by atoms with van der Waals surface area (Å²) in [6.07, 6.45) is 0.712. The zero-order valence-corrected chi connectivity index (χ0v) is 25.7. The number of hydrogen-bond acceptors (Lipinski definition) is 7. The number of anilines is 1. The Hall–Kier alpha value is -4.25. The number of carbonyl (C=O) groups excluding carboxylic acids is 2. The molecule has 0 heterocycles. The molecule has 0 aliphatic heterocycles. The minimum Gasteiger partial charge on any atom is -0.497 e. The SMILES string of the molecule is CCC(C)NC(=O)C(C)N(Cc1cccc(OC)c1)C(=O)CN(c1ccccc1OC)S(=O)(=O)c1ccc(OC)cc1. The molecule has 0 spiro atoms. The summed E-state index contributed by atoms with van der Waals surface area (Å²) in [4.78, 5) is 28.7. The third-order valence-corrected chi connectivity index (χ3v) is 8.71. The van der Waals surface area contributed by atoms with Crippen LogP contribution in [0.3, 0.4) is 0 Å². The van der Waals surface area contributed by atoms with E-state index in [4.69, 9.17) is 14.2 Å². The monoisotopic (exact) mass is 597 g/mol. The van der Waals surface area contributed by atoms with Crippen molar-refractivity contribution in [2.75, 3.05) is 32.2 Å². The van der Waals surface area contributed by atoms with Gasteiger partial charge in [0.25, 0.3) is 10.0 Å². The Labute approximate surface area is 248 Å². The first-order chi connectivity index (χ1) is 20.0. The normalized spacial score (nSPS) is 12.5. The first-order valence-corrected chi connectivity index (χ1v) is 15.0. The van der Waals surface area contributed by atoms with E-state index in [9.17, 15) is 18.0 Å². The summed E-state index contributed by atoms with van der Waals surface area (Å²) in [5.74, 6) is 0.424. The first kappa shape index (κ1) is 32.3. The third-order valence-electron chi connectivity index (χ3n) is 6.94. The minimum atomic E-state index is -4.26. The van der Waals surface area contributed by atoms with E-state index in [0.29, 0.717) is 23.5 Å². The second-order valence-electron chi connectivity index (χ2n) is 9.73. The van der Waals surface area contributed by atoms with Gasteiger partial charge < -0.3 is 24.4 Å². The van der Waals surface area contributed by atoms with E-state index >= 15 is 0 Å². The van der Waals surface area contributed by atoms with Crippen molar-refractivity contribution in [1.82, 2.24) is 10.2 Å². The highest BCUT2D eigenvalue weighted by Crippen LogP contribution is 2.33. The molecular formula is C31H39N3O7S. The predicted molar refractivity (Wildman–Crippen MR) is 161 cm³/mol. The Kier molecular flexibility index (Phi) is 11.2. The fraction of sp³-hybridized carbons (Fsp3) is 0.355. The van der Waals surface area contributed by atoms with Crippen LogP contribution >= 0.6 is 0 Å². The van der Waals surface area contributed by atoms with Gasteiger partial charge in [-0.15, -0.1) is 0 Å². The maximum absolute atomic E-state index is 14.1. The van der Waals surface area contributed by atoms with Crippen molar-refractivity contribution >= 4 is 27.5 Å². The van der Waals surface area contributed by atoms with Crippen LogP contribution in [0.5, 0.6) is 17.2 Å². The zero-order valence-electron chi connectivity index (χ0n) is 24.9. The molecule has 3 rings (SSSR count). The van der Waals surface area contributed by atoms with Crippen molar-refractivity contribution in [2.45, 2.75) is 50.7 Å². The van der Waals surface area contributed by atoms with Crippen LogP contribution in [0.25, 0.3) is 0 Å². The zero-order chi connectivity index (χ0) is 30.9. The van der Waals surface area contributed by atoms with Crippen molar-refractivity contribution in [3.05, 3.63) is 78.4 Å². The molecule has 3 aromatic rings. The molecule has 11 heteroatoms. The molecule has 0 fully saturated rings. The molecule has 0 aliphatic carbocycles. The Balaban J connectivity index is 2.07. The van der Waals surface area contributed by atoms with Gasteiger partial charge in [-0.3, -0.25) is 13.9 Å². The van der Waals surface area contributed by atoms with Crippen LogP contribution < -0.4 is 23.8 Å². The minimum absolute atomic E-state index is 0.0380. The number of rotatable bonds is 14. The molecule has 0 saturated carbocycles. The van der Waals surface area contributed by atoms with Crippen molar-refractivity contribution in [3.63, 3.8) is 0 Å². The molecule has 0 radical (unpaired) electrons. The maximum atomic E-state index is 14.1. The number of nitrogens with zero attached hydrogens (tertiary/aromatic N) is 2. The highest BCUT2D eigenvalue weighted by Gasteiger charge is 2.34. The lowest BCUT2D eigenvalue weighted by Gasteiger charge is -2.32. The standard InChI is InChI=1S/C31H39N3O7S/c1-7-22(2)32-31(36)23(3)33(20-24-11-10-12-26(19-24)40-5)30(35)21-34(28-13-8-9-14-29(28)41-6)42(37,38)27-17-15-25(39-4)16-18-27/h8-19,22-23H,7,20-21H2,1-6H3,(H,32,36). The van der Waals surface area contributed by atoms with E-state index < -0.39 is 28.5 Å². The van der Waals surface area contributed by atoms with Gasteiger partial charge in [0.2, 0.25) is 11.8 Å². The summed E-state index contributed by atoms with van der Waals surface area (Å²) >= 11 is 0. The number of sulfonamides is 1. The van der Waals surface area contributed by atoms with Crippen LogP contribution in [-0.2, 0) is 26.2 Å². The summed E-state index contributed by atoms with van der Waals surface area (Å²) in [5, 5.41) is 2.92. The first-order valence-electron chi connectivity index (χ1n) is 13.6. The van der Waals surface area contributed by atoms with Crippen LogP contribution in [0.1, 0.15) is 32.8 Å². The second-order valence-corrected chi connectivity index (χ2v) is 11.6. The average Bonchev–Trinajstić information content (AvgIpc) is 3.01. The van der Waals surface area contributed by atoms with Crippen LogP contribution in [-0.4, -0.2) is 65.1 Å². The van der Waals surface area contributed by atoms with Gasteiger partial charge in [-0.05, 0) is 74.4 Å². The summed E-state index contributed by atoms with van der Waals surface area (Å²) < 4.78 is 45.1. The molecular weight excluding hydrogens is 558 g/mol. The summed E-state index contributed by atoms with van der Waals surface area (Å²) in [5.41, 5.74) is 0.898. The molecule has 1 N–H and O–H groups in total. The van der Waals surface area contributed by atoms with E-state index in [1.165, 1.54) is 43.4 Å². The van der Waals surface area contributed by atoms with Gasteiger partial charge in [-0.1, -0.05) is 31.2 Å². The van der Waals surface area contributed by atoms with Gasteiger partial charge in [0.15, 0.2) is 0 Å². The average molecular weight is 598 g/mol. The summed E-state index contributed by atoms with van der Waals surface area (Å²) in [7, 11) is 0.189. The van der Waals surface area contributed by atoms with E-state index in [1.807, 2.05) is 19.9 Å². The molecule has 10 nitrogen and oxygen atoms in total. The van der Waals surface area contributed by atoms with Crippen LogP contribution in [0, 0.1) is 0 Å². The van der Waals surface area contributed by atoms with E-state index in [2.05, 4.69) is 5.32 Å². The van der Waals surface area contributed by atoms with Gasteiger partial charge in [0.1, 0.15) is 29.8 Å². The fourth-order valence-corrected chi connectivity index (χ4v) is 5.66. The number of hydrogen-bond donors (Lipinski definition) is 1. The second kappa shape index (κ2) is 14.6. The molecule has 0 aromatic heterocycles. The lowest BCUT2D eigenvalue weighted by Crippen LogP contribution is -2.52. The van der Waals surface area contributed by atoms with Crippen LogP contribution in [0.2, 0.25) is 0 Å². The quantitative estimate of drug-likeness (QED) is 0.296. The Bertz CT molecular complexity index is 1460. The van der Waals surface area contributed by atoms with Gasteiger partial charge in [0, 0.05) is 12.6 Å². The van der Waals surface area contributed by atoms with Gasteiger partial charge in [-0.25, -0.2) is 8.42 Å².